The lowest BCUT2D eigenvalue weighted by Crippen LogP contribution is -1.91. The fraction of sp³-hybridized carbons (Fsp3) is 0.250. The van der Waals surface area contributed by atoms with E-state index in [2.05, 4.69) is 64.4 Å². The summed E-state index contributed by atoms with van der Waals surface area (Å²) in [6.07, 6.45) is 9.43. The second-order valence-corrected chi connectivity index (χ2v) is 5.14. The SMILES string of the molecule is C=C(C)c1ccc(C(=C)/C(C)=C\C=C/C)c(C)c1.C=CC=C.CC. The van der Waals surface area contributed by atoms with Gasteiger partial charge >= 0.3 is 0 Å². The average molecular weight is 323 g/mol. The van der Waals surface area contributed by atoms with Crippen LogP contribution in [0.25, 0.3) is 11.1 Å². The monoisotopic (exact) mass is 322 g/mol. The molecule has 0 aromatic heterocycles. The standard InChI is InChI=1S/C18H22.C4H6.C2H6/c1-7-8-9-14(4)16(6)18-11-10-17(13(2)3)12-15(18)5;1-3-4-2;1-2/h7-12H,2,6H2,1,3-5H3;3-4H,1-2H2;1-2H3/b8-7-,14-9-;;. The van der Waals surface area contributed by atoms with Crippen LogP contribution in [-0.4, -0.2) is 0 Å². The first kappa shape index (κ1) is 23.9. The Morgan fingerprint density at radius 2 is 1.54 bits per heavy atom. The molecule has 0 N–H and O–H groups in total. The Bertz CT molecular complexity index is 601. The van der Waals surface area contributed by atoms with Gasteiger partial charge in [-0.05, 0) is 55.5 Å². The molecule has 0 aliphatic rings. The van der Waals surface area contributed by atoms with Crippen molar-refractivity contribution >= 4 is 11.1 Å². The molecule has 0 heterocycles. The minimum atomic E-state index is 1.08. The minimum absolute atomic E-state index is 1.08. The zero-order valence-electron chi connectivity index (χ0n) is 16.4. The van der Waals surface area contributed by atoms with Crippen molar-refractivity contribution in [3.63, 3.8) is 0 Å². The number of rotatable bonds is 5. The van der Waals surface area contributed by atoms with Gasteiger partial charge < -0.3 is 0 Å². The Labute approximate surface area is 150 Å². The third-order valence-electron chi connectivity index (χ3n) is 3.23. The van der Waals surface area contributed by atoms with E-state index in [0.29, 0.717) is 0 Å². The van der Waals surface area contributed by atoms with E-state index in [9.17, 15) is 0 Å². The Morgan fingerprint density at radius 3 is 1.92 bits per heavy atom. The van der Waals surface area contributed by atoms with E-state index in [0.717, 1.165) is 11.1 Å². The average Bonchev–Trinajstić information content (AvgIpc) is 2.60. The summed E-state index contributed by atoms with van der Waals surface area (Å²) in [7, 11) is 0. The van der Waals surface area contributed by atoms with Crippen molar-refractivity contribution in [2.75, 3.05) is 0 Å². The fourth-order valence-electron chi connectivity index (χ4n) is 1.82. The van der Waals surface area contributed by atoms with Gasteiger partial charge in [0.2, 0.25) is 0 Å². The number of hydrogen-bond acceptors (Lipinski definition) is 0. The highest BCUT2D eigenvalue weighted by Crippen LogP contribution is 2.26. The van der Waals surface area contributed by atoms with E-state index in [1.807, 2.05) is 39.8 Å². The van der Waals surface area contributed by atoms with E-state index in [1.165, 1.54) is 22.3 Å². The molecule has 24 heavy (non-hydrogen) atoms. The molecule has 1 rings (SSSR count). The van der Waals surface area contributed by atoms with Crippen LogP contribution in [0.2, 0.25) is 0 Å². The van der Waals surface area contributed by atoms with Gasteiger partial charge in [-0.2, -0.15) is 0 Å². The number of allylic oxidation sites excluding steroid dienone is 8. The van der Waals surface area contributed by atoms with Gasteiger partial charge in [0.1, 0.15) is 0 Å². The lowest BCUT2D eigenvalue weighted by Gasteiger charge is -2.11. The van der Waals surface area contributed by atoms with Gasteiger partial charge in [-0.3, -0.25) is 0 Å². The highest BCUT2D eigenvalue weighted by atomic mass is 14.1. The number of benzene rings is 1. The van der Waals surface area contributed by atoms with Gasteiger partial charge in [-0.25, -0.2) is 0 Å². The van der Waals surface area contributed by atoms with Crippen LogP contribution in [0.5, 0.6) is 0 Å². The van der Waals surface area contributed by atoms with Crippen LogP contribution in [0, 0.1) is 6.92 Å². The molecule has 0 heteroatoms. The molecule has 0 bridgehead atoms. The predicted molar refractivity (Wildman–Crippen MR) is 115 cm³/mol. The Kier molecular flexibility index (Phi) is 14.2. The molecular formula is C24H34. The lowest BCUT2D eigenvalue weighted by atomic mass is 9.93. The maximum Gasteiger partial charge on any atom is -0.0158 e. The quantitative estimate of drug-likeness (QED) is 0.482. The van der Waals surface area contributed by atoms with Crippen molar-refractivity contribution in [2.24, 2.45) is 0 Å². The van der Waals surface area contributed by atoms with E-state index < -0.39 is 0 Å². The molecule has 0 aliphatic carbocycles. The molecular weight excluding hydrogens is 288 g/mol. The lowest BCUT2D eigenvalue weighted by molar-refractivity contribution is 1.38. The van der Waals surface area contributed by atoms with E-state index in [-0.39, 0.29) is 0 Å². The maximum atomic E-state index is 4.19. The number of hydrogen-bond donors (Lipinski definition) is 0. The number of aryl methyl sites for hydroxylation is 1. The van der Waals surface area contributed by atoms with Crippen LogP contribution in [0.4, 0.5) is 0 Å². The largest absolute Gasteiger partial charge is 0.0991 e. The van der Waals surface area contributed by atoms with Gasteiger partial charge in [0.05, 0.1) is 0 Å². The summed E-state index contributed by atoms with van der Waals surface area (Å²) in [5, 5.41) is 0. The summed E-state index contributed by atoms with van der Waals surface area (Å²) in [5.74, 6) is 0. The van der Waals surface area contributed by atoms with Crippen LogP contribution < -0.4 is 0 Å². The van der Waals surface area contributed by atoms with Crippen LogP contribution in [-0.2, 0) is 0 Å². The zero-order chi connectivity index (χ0) is 19.1. The summed E-state index contributed by atoms with van der Waals surface area (Å²) >= 11 is 0. The van der Waals surface area contributed by atoms with Crippen molar-refractivity contribution in [3.05, 3.63) is 97.2 Å². The molecule has 0 saturated heterocycles. The third-order valence-corrected chi connectivity index (χ3v) is 3.23. The molecule has 0 unspecified atom stereocenters. The second-order valence-electron chi connectivity index (χ2n) is 5.14. The van der Waals surface area contributed by atoms with Gasteiger partial charge in [-0.1, -0.05) is 94.3 Å². The first-order chi connectivity index (χ1) is 11.4. The highest BCUT2D eigenvalue weighted by Gasteiger charge is 2.05. The van der Waals surface area contributed by atoms with Crippen molar-refractivity contribution in [1.29, 1.82) is 0 Å². The van der Waals surface area contributed by atoms with Gasteiger partial charge in [0, 0.05) is 0 Å². The Balaban J connectivity index is 0. The van der Waals surface area contributed by atoms with Crippen molar-refractivity contribution in [3.8, 4) is 0 Å². The summed E-state index contributed by atoms with van der Waals surface area (Å²) in [5.41, 5.74) is 7.01. The summed E-state index contributed by atoms with van der Waals surface area (Å²) < 4.78 is 0. The minimum Gasteiger partial charge on any atom is -0.0991 e. The first-order valence-electron chi connectivity index (χ1n) is 8.38. The van der Waals surface area contributed by atoms with Crippen LogP contribution in [0.1, 0.15) is 51.3 Å². The molecule has 0 nitrogen and oxygen atoms in total. The molecule has 0 atom stereocenters. The van der Waals surface area contributed by atoms with Gasteiger partial charge in [-0.15, -0.1) is 0 Å². The molecule has 0 radical (unpaired) electrons. The zero-order valence-corrected chi connectivity index (χ0v) is 16.4. The third kappa shape index (κ3) is 8.95. The van der Waals surface area contributed by atoms with Crippen molar-refractivity contribution < 1.29 is 0 Å². The smallest absolute Gasteiger partial charge is 0.0158 e. The second kappa shape index (κ2) is 14.3. The molecule has 0 saturated carbocycles. The van der Waals surface area contributed by atoms with E-state index in [4.69, 9.17) is 0 Å². The summed E-state index contributed by atoms with van der Waals surface area (Å²) in [4.78, 5) is 0. The molecule has 0 amide bonds. The van der Waals surface area contributed by atoms with E-state index >= 15 is 0 Å². The normalized spacial score (nSPS) is 10.0. The van der Waals surface area contributed by atoms with Crippen LogP contribution in [0.3, 0.4) is 0 Å². The predicted octanol–water partition coefficient (Wildman–Crippen LogP) is 7.95. The summed E-state index contributed by atoms with van der Waals surface area (Å²) in [6, 6.07) is 6.42. The van der Waals surface area contributed by atoms with Crippen molar-refractivity contribution in [2.45, 2.75) is 41.5 Å². The maximum absolute atomic E-state index is 4.19. The Morgan fingerprint density at radius 1 is 1.00 bits per heavy atom. The first-order valence-corrected chi connectivity index (χ1v) is 8.38. The molecule has 0 fully saturated rings. The molecule has 0 aliphatic heterocycles. The van der Waals surface area contributed by atoms with Crippen LogP contribution >= 0.6 is 0 Å². The Hall–Kier alpha value is -2.34. The highest BCUT2D eigenvalue weighted by molar-refractivity contribution is 5.80. The van der Waals surface area contributed by atoms with E-state index in [1.54, 1.807) is 12.2 Å². The molecule has 0 spiro atoms. The van der Waals surface area contributed by atoms with Crippen molar-refractivity contribution in [1.82, 2.24) is 0 Å². The van der Waals surface area contributed by atoms with Gasteiger partial charge in [0.15, 0.2) is 0 Å². The van der Waals surface area contributed by atoms with Crippen LogP contribution in [0.15, 0.2) is 80.5 Å². The summed E-state index contributed by atoms with van der Waals surface area (Å²) in [6.45, 7) is 27.1. The molecule has 1 aromatic carbocycles. The topological polar surface area (TPSA) is 0 Å². The van der Waals surface area contributed by atoms with Gasteiger partial charge in [0.25, 0.3) is 0 Å². The fourth-order valence-corrected chi connectivity index (χ4v) is 1.82. The molecule has 130 valence electrons. The molecule has 1 aromatic rings.